The average Bonchev–Trinajstić information content (AvgIpc) is 3.07. The Bertz CT molecular complexity index is 875. The van der Waals surface area contributed by atoms with E-state index in [0.717, 1.165) is 48.6 Å². The standard InChI is InChI=1S/C22H29BrN4O3/c1-16(28)25-22(13-7-3-4-8-14-22)21-24-19(30-26-21)11-12-20(29)27(2)15-17-9-5-6-10-18(17)23/h5-6,9-10H,3-4,7-8,11-15H2,1-2H3,(H,25,28). The van der Waals surface area contributed by atoms with Gasteiger partial charge in [-0.1, -0.05) is 65.0 Å². The van der Waals surface area contributed by atoms with E-state index in [1.54, 1.807) is 11.9 Å². The molecule has 0 unspecified atom stereocenters. The van der Waals surface area contributed by atoms with Crippen LogP contribution in [0.4, 0.5) is 0 Å². The first-order valence-corrected chi connectivity index (χ1v) is 11.3. The summed E-state index contributed by atoms with van der Waals surface area (Å²) in [4.78, 5) is 30.6. The first kappa shape index (κ1) is 22.5. The zero-order valence-electron chi connectivity index (χ0n) is 17.6. The summed E-state index contributed by atoms with van der Waals surface area (Å²) in [6.45, 7) is 2.05. The van der Waals surface area contributed by atoms with Gasteiger partial charge in [0.15, 0.2) is 5.82 Å². The highest BCUT2D eigenvalue weighted by Crippen LogP contribution is 2.34. The van der Waals surface area contributed by atoms with Crippen molar-refractivity contribution in [1.82, 2.24) is 20.4 Å². The lowest BCUT2D eigenvalue weighted by Gasteiger charge is -2.30. The summed E-state index contributed by atoms with van der Waals surface area (Å²) < 4.78 is 6.43. The van der Waals surface area contributed by atoms with E-state index < -0.39 is 5.54 Å². The van der Waals surface area contributed by atoms with Crippen LogP contribution in [-0.2, 0) is 28.1 Å². The number of nitrogens with one attached hydrogen (secondary N) is 1. The third-order valence-electron chi connectivity index (χ3n) is 5.61. The Labute approximate surface area is 185 Å². The number of amides is 2. The summed E-state index contributed by atoms with van der Waals surface area (Å²) in [6.07, 6.45) is 6.59. The van der Waals surface area contributed by atoms with Crippen LogP contribution in [-0.4, -0.2) is 33.9 Å². The van der Waals surface area contributed by atoms with E-state index in [-0.39, 0.29) is 18.2 Å². The molecule has 8 heteroatoms. The molecule has 7 nitrogen and oxygen atoms in total. The highest BCUT2D eigenvalue weighted by molar-refractivity contribution is 9.10. The average molecular weight is 477 g/mol. The number of aryl methyl sites for hydroxylation is 1. The summed E-state index contributed by atoms with van der Waals surface area (Å²) in [7, 11) is 1.79. The maximum Gasteiger partial charge on any atom is 0.227 e. The van der Waals surface area contributed by atoms with Gasteiger partial charge >= 0.3 is 0 Å². The third-order valence-corrected chi connectivity index (χ3v) is 6.39. The smallest absolute Gasteiger partial charge is 0.227 e. The van der Waals surface area contributed by atoms with Crippen LogP contribution in [0, 0.1) is 0 Å². The first-order chi connectivity index (χ1) is 14.4. The number of hydrogen-bond donors (Lipinski definition) is 1. The molecule has 1 aromatic heterocycles. The van der Waals surface area contributed by atoms with Crippen molar-refractivity contribution in [3.63, 3.8) is 0 Å². The minimum atomic E-state index is -0.565. The minimum absolute atomic E-state index is 0.0107. The lowest BCUT2D eigenvalue weighted by Crippen LogP contribution is -2.45. The fourth-order valence-corrected chi connectivity index (χ4v) is 4.41. The number of hydrogen-bond acceptors (Lipinski definition) is 5. The third kappa shape index (κ3) is 5.68. The van der Waals surface area contributed by atoms with Gasteiger partial charge in [-0.15, -0.1) is 0 Å². The summed E-state index contributed by atoms with van der Waals surface area (Å²) in [6, 6.07) is 7.86. The predicted octanol–water partition coefficient (Wildman–Crippen LogP) is 4.11. The van der Waals surface area contributed by atoms with E-state index in [1.165, 1.54) is 6.92 Å². The van der Waals surface area contributed by atoms with Gasteiger partial charge in [0, 0.05) is 37.8 Å². The van der Waals surface area contributed by atoms with Crippen LogP contribution in [0.1, 0.15) is 69.1 Å². The normalized spacial score (nSPS) is 16.0. The Morgan fingerprint density at radius 3 is 2.57 bits per heavy atom. The lowest BCUT2D eigenvalue weighted by molar-refractivity contribution is -0.130. The van der Waals surface area contributed by atoms with Crippen LogP contribution in [0.25, 0.3) is 0 Å². The predicted molar refractivity (Wildman–Crippen MR) is 116 cm³/mol. The molecule has 1 fully saturated rings. The molecule has 0 atom stereocenters. The van der Waals surface area contributed by atoms with E-state index in [0.29, 0.717) is 24.7 Å². The van der Waals surface area contributed by atoms with Gasteiger partial charge in [-0.05, 0) is 24.5 Å². The van der Waals surface area contributed by atoms with E-state index >= 15 is 0 Å². The van der Waals surface area contributed by atoms with E-state index in [4.69, 9.17) is 4.52 Å². The molecule has 1 N–H and O–H groups in total. The van der Waals surface area contributed by atoms with E-state index in [1.807, 2.05) is 24.3 Å². The van der Waals surface area contributed by atoms with Crippen molar-refractivity contribution < 1.29 is 14.1 Å². The van der Waals surface area contributed by atoms with Gasteiger partial charge < -0.3 is 14.7 Å². The van der Waals surface area contributed by atoms with Crippen molar-refractivity contribution in [1.29, 1.82) is 0 Å². The molecule has 2 aromatic rings. The number of halogens is 1. The monoisotopic (exact) mass is 476 g/mol. The van der Waals surface area contributed by atoms with Crippen molar-refractivity contribution in [3.8, 4) is 0 Å². The van der Waals surface area contributed by atoms with Crippen LogP contribution in [0.15, 0.2) is 33.3 Å². The summed E-state index contributed by atoms with van der Waals surface area (Å²) >= 11 is 3.52. The summed E-state index contributed by atoms with van der Waals surface area (Å²) in [5.74, 6) is 0.883. The highest BCUT2D eigenvalue weighted by Gasteiger charge is 2.38. The van der Waals surface area contributed by atoms with Gasteiger partial charge in [0.1, 0.15) is 5.54 Å². The van der Waals surface area contributed by atoms with Crippen molar-refractivity contribution in [2.45, 2.75) is 70.4 Å². The molecule has 0 aliphatic heterocycles. The van der Waals surface area contributed by atoms with Gasteiger partial charge in [0.05, 0.1) is 0 Å². The molecule has 162 valence electrons. The number of nitrogens with zero attached hydrogens (tertiary/aromatic N) is 3. The Kier molecular flexibility index (Phi) is 7.64. The molecule has 1 aliphatic carbocycles. The van der Waals surface area contributed by atoms with Crippen molar-refractivity contribution >= 4 is 27.7 Å². The molecule has 3 rings (SSSR count). The highest BCUT2D eigenvalue weighted by atomic mass is 79.9. The van der Waals surface area contributed by atoms with Gasteiger partial charge in [0.2, 0.25) is 17.7 Å². The lowest BCUT2D eigenvalue weighted by atomic mass is 9.89. The number of carbonyl (C=O) groups is 2. The molecule has 0 saturated heterocycles. The zero-order chi connectivity index (χ0) is 21.6. The van der Waals surface area contributed by atoms with Gasteiger partial charge in [-0.2, -0.15) is 4.98 Å². The van der Waals surface area contributed by atoms with Crippen molar-refractivity contribution in [2.24, 2.45) is 0 Å². The van der Waals surface area contributed by atoms with E-state index in [2.05, 4.69) is 31.4 Å². The second kappa shape index (κ2) is 10.2. The molecule has 2 amide bonds. The van der Waals surface area contributed by atoms with Crippen LogP contribution in [0.2, 0.25) is 0 Å². The molecule has 30 heavy (non-hydrogen) atoms. The molecular weight excluding hydrogens is 448 g/mol. The van der Waals surface area contributed by atoms with Crippen molar-refractivity contribution in [3.05, 3.63) is 46.0 Å². The number of benzene rings is 1. The Hall–Kier alpha value is -2.22. The second-order valence-electron chi connectivity index (χ2n) is 8.03. The fourth-order valence-electron chi connectivity index (χ4n) is 4.00. The van der Waals surface area contributed by atoms with Gasteiger partial charge in [-0.25, -0.2) is 0 Å². The zero-order valence-corrected chi connectivity index (χ0v) is 19.2. The maximum absolute atomic E-state index is 12.6. The molecule has 1 aromatic carbocycles. The van der Waals surface area contributed by atoms with Crippen LogP contribution in [0.5, 0.6) is 0 Å². The summed E-state index contributed by atoms with van der Waals surface area (Å²) in [5, 5.41) is 7.25. The van der Waals surface area contributed by atoms with E-state index in [9.17, 15) is 9.59 Å². The molecule has 1 aliphatic rings. The number of rotatable bonds is 7. The minimum Gasteiger partial charge on any atom is -0.343 e. The molecule has 1 heterocycles. The fraction of sp³-hybridized carbons (Fsp3) is 0.545. The molecule has 0 radical (unpaired) electrons. The van der Waals surface area contributed by atoms with Crippen LogP contribution in [0.3, 0.4) is 0 Å². The Balaban J connectivity index is 1.62. The maximum atomic E-state index is 12.6. The van der Waals surface area contributed by atoms with Gasteiger partial charge in [-0.3, -0.25) is 9.59 Å². The number of aromatic nitrogens is 2. The van der Waals surface area contributed by atoms with Crippen molar-refractivity contribution in [2.75, 3.05) is 7.05 Å². The first-order valence-electron chi connectivity index (χ1n) is 10.5. The molecule has 1 saturated carbocycles. The largest absolute Gasteiger partial charge is 0.343 e. The second-order valence-corrected chi connectivity index (χ2v) is 8.88. The van der Waals surface area contributed by atoms with Crippen LogP contribution < -0.4 is 5.32 Å². The summed E-state index contributed by atoms with van der Waals surface area (Å²) in [5.41, 5.74) is 0.490. The van der Waals surface area contributed by atoms with Gasteiger partial charge in [0.25, 0.3) is 0 Å². The topological polar surface area (TPSA) is 88.3 Å². The number of carbonyl (C=O) groups excluding carboxylic acids is 2. The molecule has 0 bridgehead atoms. The molecule has 0 spiro atoms. The Morgan fingerprint density at radius 1 is 1.20 bits per heavy atom. The quantitative estimate of drug-likeness (QED) is 0.607. The molecular formula is C22H29BrN4O3. The SMILES string of the molecule is CC(=O)NC1(c2noc(CCC(=O)N(C)Cc3ccccc3Br)n2)CCCCCC1. The van der Waals surface area contributed by atoms with Crippen LogP contribution >= 0.6 is 15.9 Å². The Morgan fingerprint density at radius 2 is 1.90 bits per heavy atom.